The molecule has 0 bridgehead atoms. The fraction of sp³-hybridized carbons (Fsp3) is 0.583. The molecule has 0 amide bonds. The fourth-order valence-electron chi connectivity index (χ4n) is 2.21. The highest BCUT2D eigenvalue weighted by Gasteiger charge is 2.22. The predicted molar refractivity (Wildman–Crippen MR) is 58.2 cm³/mol. The third-order valence-electron chi connectivity index (χ3n) is 3.13. The minimum Gasteiger partial charge on any atom is -0.299 e. The maximum atomic E-state index is 4.31. The van der Waals surface area contributed by atoms with Gasteiger partial charge in [-0.25, -0.2) is 0 Å². The maximum Gasteiger partial charge on any atom is 0.0360 e. The van der Waals surface area contributed by atoms with Crippen molar-refractivity contribution in [3.05, 3.63) is 29.6 Å². The molecular formula is C12H18N2. The smallest absolute Gasteiger partial charge is 0.0360 e. The van der Waals surface area contributed by atoms with Crippen LogP contribution in [0.1, 0.15) is 36.9 Å². The Bertz CT molecular complexity index is 309. The quantitative estimate of drug-likeness (QED) is 0.712. The molecule has 0 aliphatic carbocycles. The summed E-state index contributed by atoms with van der Waals surface area (Å²) in [4.78, 5) is 6.73. The summed E-state index contributed by atoms with van der Waals surface area (Å²) >= 11 is 0. The van der Waals surface area contributed by atoms with Gasteiger partial charge >= 0.3 is 0 Å². The molecule has 1 aliphatic heterocycles. The second kappa shape index (κ2) is 4.09. The van der Waals surface area contributed by atoms with Crippen molar-refractivity contribution in [1.82, 2.24) is 9.88 Å². The molecule has 1 atom stereocenters. The summed E-state index contributed by atoms with van der Waals surface area (Å²) in [6.07, 6.45) is 7.67. The van der Waals surface area contributed by atoms with Gasteiger partial charge in [0.25, 0.3) is 0 Å². The van der Waals surface area contributed by atoms with Crippen molar-refractivity contribution in [3.8, 4) is 0 Å². The molecule has 2 rings (SSSR count). The van der Waals surface area contributed by atoms with Gasteiger partial charge in [0.05, 0.1) is 0 Å². The SMILES string of the molecule is CCc1cncc([C@@H]2CCCN2C)c1. The highest BCUT2D eigenvalue weighted by atomic mass is 15.1. The lowest BCUT2D eigenvalue weighted by atomic mass is 10.0. The van der Waals surface area contributed by atoms with Gasteiger partial charge in [-0.15, -0.1) is 0 Å². The number of pyridine rings is 1. The monoisotopic (exact) mass is 190 g/mol. The molecule has 76 valence electrons. The van der Waals surface area contributed by atoms with Gasteiger partial charge in [-0.05, 0) is 44.0 Å². The zero-order valence-electron chi connectivity index (χ0n) is 9.03. The summed E-state index contributed by atoms with van der Waals surface area (Å²) in [6, 6.07) is 2.91. The van der Waals surface area contributed by atoms with E-state index in [9.17, 15) is 0 Å². The molecule has 2 nitrogen and oxygen atoms in total. The molecule has 1 aromatic heterocycles. The Morgan fingerprint density at radius 2 is 2.36 bits per heavy atom. The van der Waals surface area contributed by atoms with Crippen LogP contribution >= 0.6 is 0 Å². The van der Waals surface area contributed by atoms with Gasteiger partial charge in [0.1, 0.15) is 0 Å². The van der Waals surface area contributed by atoms with Crippen LogP contribution in [0.5, 0.6) is 0 Å². The molecule has 2 heteroatoms. The van der Waals surface area contributed by atoms with E-state index in [1.165, 1.54) is 30.5 Å². The summed E-state index contributed by atoms with van der Waals surface area (Å²) < 4.78 is 0. The van der Waals surface area contributed by atoms with Crippen LogP contribution in [0.4, 0.5) is 0 Å². The van der Waals surface area contributed by atoms with Gasteiger partial charge in [-0.1, -0.05) is 13.0 Å². The minimum absolute atomic E-state index is 0.606. The zero-order chi connectivity index (χ0) is 9.97. The van der Waals surface area contributed by atoms with Crippen LogP contribution < -0.4 is 0 Å². The van der Waals surface area contributed by atoms with Gasteiger partial charge in [0, 0.05) is 18.4 Å². The van der Waals surface area contributed by atoms with E-state index in [2.05, 4.69) is 29.9 Å². The average molecular weight is 190 g/mol. The van der Waals surface area contributed by atoms with E-state index >= 15 is 0 Å². The van der Waals surface area contributed by atoms with Gasteiger partial charge < -0.3 is 0 Å². The first-order chi connectivity index (χ1) is 6.81. The molecule has 14 heavy (non-hydrogen) atoms. The lowest BCUT2D eigenvalue weighted by Gasteiger charge is -2.19. The van der Waals surface area contributed by atoms with Crippen molar-refractivity contribution in [2.75, 3.05) is 13.6 Å². The first-order valence-electron chi connectivity index (χ1n) is 5.45. The van der Waals surface area contributed by atoms with E-state index < -0.39 is 0 Å². The molecule has 2 heterocycles. The van der Waals surface area contributed by atoms with Gasteiger partial charge in [-0.3, -0.25) is 9.88 Å². The highest BCUT2D eigenvalue weighted by Crippen LogP contribution is 2.29. The molecule has 0 saturated carbocycles. The first-order valence-corrected chi connectivity index (χ1v) is 5.45. The van der Waals surface area contributed by atoms with Crippen molar-refractivity contribution in [2.24, 2.45) is 0 Å². The topological polar surface area (TPSA) is 16.1 Å². The number of nitrogens with zero attached hydrogens (tertiary/aromatic N) is 2. The predicted octanol–water partition coefficient (Wildman–Crippen LogP) is 2.41. The molecule has 1 aromatic rings. The number of aromatic nitrogens is 1. The number of likely N-dealkylation sites (tertiary alicyclic amines) is 1. The van der Waals surface area contributed by atoms with Crippen LogP contribution in [-0.2, 0) is 6.42 Å². The Labute approximate surface area is 86.0 Å². The molecular weight excluding hydrogens is 172 g/mol. The Balaban J connectivity index is 2.22. The average Bonchev–Trinajstić information content (AvgIpc) is 2.65. The molecule has 0 aromatic carbocycles. The van der Waals surface area contributed by atoms with Crippen molar-refractivity contribution in [1.29, 1.82) is 0 Å². The highest BCUT2D eigenvalue weighted by molar-refractivity contribution is 5.22. The van der Waals surface area contributed by atoms with Gasteiger partial charge in [-0.2, -0.15) is 0 Å². The van der Waals surface area contributed by atoms with Crippen molar-refractivity contribution in [3.63, 3.8) is 0 Å². The molecule has 0 N–H and O–H groups in total. The second-order valence-corrected chi connectivity index (χ2v) is 4.12. The Morgan fingerprint density at radius 3 is 3.00 bits per heavy atom. The Kier molecular flexibility index (Phi) is 2.82. The minimum atomic E-state index is 0.606. The van der Waals surface area contributed by atoms with Crippen LogP contribution in [0.15, 0.2) is 18.5 Å². The summed E-state index contributed by atoms with van der Waals surface area (Å²) in [5, 5.41) is 0. The zero-order valence-corrected chi connectivity index (χ0v) is 9.03. The molecule has 1 fully saturated rings. The van der Waals surface area contributed by atoms with Crippen LogP contribution in [-0.4, -0.2) is 23.5 Å². The van der Waals surface area contributed by atoms with E-state index in [0.29, 0.717) is 6.04 Å². The van der Waals surface area contributed by atoms with Crippen molar-refractivity contribution < 1.29 is 0 Å². The van der Waals surface area contributed by atoms with Crippen molar-refractivity contribution >= 4 is 0 Å². The van der Waals surface area contributed by atoms with Gasteiger partial charge in [0.15, 0.2) is 0 Å². The summed E-state index contributed by atoms with van der Waals surface area (Å²) in [6.45, 7) is 3.40. The third-order valence-corrected chi connectivity index (χ3v) is 3.13. The number of hydrogen-bond acceptors (Lipinski definition) is 2. The van der Waals surface area contributed by atoms with Crippen LogP contribution in [0.25, 0.3) is 0 Å². The second-order valence-electron chi connectivity index (χ2n) is 4.12. The van der Waals surface area contributed by atoms with E-state index in [4.69, 9.17) is 0 Å². The van der Waals surface area contributed by atoms with E-state index in [0.717, 1.165) is 6.42 Å². The maximum absolute atomic E-state index is 4.31. The number of rotatable bonds is 2. The Morgan fingerprint density at radius 1 is 1.50 bits per heavy atom. The normalized spacial score (nSPS) is 22.9. The summed E-state index contributed by atoms with van der Waals surface area (Å²) in [5.41, 5.74) is 2.74. The van der Waals surface area contributed by atoms with E-state index in [1.807, 2.05) is 12.4 Å². The lowest BCUT2D eigenvalue weighted by Crippen LogP contribution is -2.17. The molecule has 1 aliphatic rings. The third kappa shape index (κ3) is 1.80. The Hall–Kier alpha value is -0.890. The summed E-state index contributed by atoms with van der Waals surface area (Å²) in [7, 11) is 2.20. The molecule has 0 spiro atoms. The fourth-order valence-corrected chi connectivity index (χ4v) is 2.21. The van der Waals surface area contributed by atoms with Crippen molar-refractivity contribution in [2.45, 2.75) is 32.2 Å². The standard InChI is InChI=1S/C12H18N2/c1-3-10-7-11(9-13-8-10)12-5-4-6-14(12)2/h7-9,12H,3-6H2,1-2H3/t12-/m0/s1. The van der Waals surface area contributed by atoms with Crippen LogP contribution in [0.2, 0.25) is 0 Å². The molecule has 0 unspecified atom stereocenters. The first kappa shape index (κ1) is 9.66. The largest absolute Gasteiger partial charge is 0.299 e. The molecule has 0 radical (unpaired) electrons. The number of aryl methyl sites for hydroxylation is 1. The van der Waals surface area contributed by atoms with Gasteiger partial charge in [0.2, 0.25) is 0 Å². The lowest BCUT2D eigenvalue weighted by molar-refractivity contribution is 0.317. The van der Waals surface area contributed by atoms with Crippen LogP contribution in [0, 0.1) is 0 Å². The summed E-state index contributed by atoms with van der Waals surface area (Å²) in [5.74, 6) is 0. The molecule has 1 saturated heterocycles. The van der Waals surface area contributed by atoms with E-state index in [-0.39, 0.29) is 0 Å². The van der Waals surface area contributed by atoms with Crippen LogP contribution in [0.3, 0.4) is 0 Å². The number of hydrogen-bond donors (Lipinski definition) is 0. The van der Waals surface area contributed by atoms with E-state index in [1.54, 1.807) is 0 Å².